The number of nitrogens with one attached hydrogen (secondary N) is 2. The maximum absolute atomic E-state index is 12.9. The van der Waals surface area contributed by atoms with Crippen molar-refractivity contribution < 1.29 is 9.53 Å². The van der Waals surface area contributed by atoms with Crippen LogP contribution in [0, 0.1) is 12.8 Å². The number of hydrogen-bond donors (Lipinski definition) is 2. The fraction of sp³-hybridized carbons (Fsp3) is 0.412. The number of hydrogen-bond acceptors (Lipinski definition) is 6. The summed E-state index contributed by atoms with van der Waals surface area (Å²) in [6, 6.07) is 7.77. The van der Waals surface area contributed by atoms with Crippen LogP contribution in [-0.4, -0.2) is 36.5 Å². The van der Waals surface area contributed by atoms with Crippen LogP contribution in [0.3, 0.4) is 0 Å². The molecule has 2 heterocycles. The number of carbonyl (C=O) groups is 1. The summed E-state index contributed by atoms with van der Waals surface area (Å²) in [6.07, 6.45) is 0. The molecule has 1 aliphatic heterocycles. The van der Waals surface area contributed by atoms with Gasteiger partial charge < -0.3 is 9.64 Å². The minimum atomic E-state index is -0.150. The predicted octanol–water partition coefficient (Wildman–Crippen LogP) is 1.88. The summed E-state index contributed by atoms with van der Waals surface area (Å²) < 4.78 is 5.20. The number of carbonyl (C=O) groups excluding carboxylic acids is 1. The number of benzene rings is 1. The van der Waals surface area contributed by atoms with Crippen LogP contribution in [0.1, 0.15) is 22.3 Å². The second-order valence-electron chi connectivity index (χ2n) is 5.93. The fourth-order valence-electron chi connectivity index (χ4n) is 2.94. The molecule has 0 bridgehead atoms. The molecule has 1 saturated heterocycles. The van der Waals surface area contributed by atoms with E-state index in [-0.39, 0.29) is 17.9 Å². The molecule has 0 aliphatic carbocycles. The van der Waals surface area contributed by atoms with E-state index in [9.17, 15) is 4.79 Å². The van der Waals surface area contributed by atoms with Crippen molar-refractivity contribution in [2.75, 3.05) is 20.7 Å². The summed E-state index contributed by atoms with van der Waals surface area (Å²) >= 11 is 1.61. The molecule has 24 heavy (non-hydrogen) atoms. The van der Waals surface area contributed by atoms with Gasteiger partial charge in [-0.1, -0.05) is 12.1 Å². The quantitative estimate of drug-likeness (QED) is 0.865. The molecule has 2 unspecified atom stereocenters. The number of ether oxygens (including phenoxy) is 1. The number of amides is 1. The zero-order valence-corrected chi connectivity index (χ0v) is 14.9. The first-order valence-electron chi connectivity index (χ1n) is 7.87. The van der Waals surface area contributed by atoms with E-state index >= 15 is 0 Å². The van der Waals surface area contributed by atoms with E-state index in [2.05, 4.69) is 15.8 Å². The Bertz CT molecular complexity index is 701. The van der Waals surface area contributed by atoms with Crippen LogP contribution >= 0.6 is 11.3 Å². The molecule has 3 rings (SSSR count). The van der Waals surface area contributed by atoms with Gasteiger partial charge in [0.1, 0.15) is 5.75 Å². The number of aromatic nitrogens is 1. The number of thiazole rings is 1. The van der Waals surface area contributed by atoms with Crippen LogP contribution in [0.5, 0.6) is 5.75 Å². The molecule has 1 aromatic carbocycles. The largest absolute Gasteiger partial charge is 0.497 e. The molecular formula is C17H22N4O2S. The smallest absolute Gasteiger partial charge is 0.229 e. The minimum absolute atomic E-state index is 0.0528. The summed E-state index contributed by atoms with van der Waals surface area (Å²) in [5, 5.41) is 3.02. The van der Waals surface area contributed by atoms with Crippen LogP contribution < -0.4 is 15.6 Å². The molecule has 1 aliphatic rings. The van der Waals surface area contributed by atoms with Crippen LogP contribution in [0.15, 0.2) is 29.6 Å². The van der Waals surface area contributed by atoms with Crippen molar-refractivity contribution in [3.05, 3.63) is 45.9 Å². The molecule has 6 nitrogen and oxygen atoms in total. The van der Waals surface area contributed by atoms with E-state index in [4.69, 9.17) is 4.74 Å². The summed E-state index contributed by atoms with van der Waals surface area (Å²) in [5.41, 5.74) is 8.33. The lowest BCUT2D eigenvalue weighted by molar-refractivity contribution is -0.134. The first kappa shape index (κ1) is 16.9. The average Bonchev–Trinajstić information content (AvgIpc) is 3.23. The van der Waals surface area contributed by atoms with Crippen molar-refractivity contribution in [2.24, 2.45) is 5.92 Å². The Morgan fingerprint density at radius 1 is 1.42 bits per heavy atom. The Morgan fingerprint density at radius 2 is 2.17 bits per heavy atom. The van der Waals surface area contributed by atoms with E-state index in [1.54, 1.807) is 23.3 Å². The Kier molecular flexibility index (Phi) is 5.13. The maximum Gasteiger partial charge on any atom is 0.229 e. The fourth-order valence-corrected chi connectivity index (χ4v) is 3.54. The topological polar surface area (TPSA) is 66.5 Å². The highest BCUT2D eigenvalue weighted by molar-refractivity contribution is 7.09. The number of aryl methyl sites for hydroxylation is 1. The maximum atomic E-state index is 12.9. The highest BCUT2D eigenvalue weighted by Gasteiger charge is 2.35. The zero-order valence-electron chi connectivity index (χ0n) is 14.1. The molecule has 0 saturated carbocycles. The van der Waals surface area contributed by atoms with Gasteiger partial charge in [-0.3, -0.25) is 10.2 Å². The Labute approximate surface area is 145 Å². The number of nitrogens with zero attached hydrogens (tertiary/aromatic N) is 2. The summed E-state index contributed by atoms with van der Waals surface area (Å²) in [7, 11) is 3.48. The summed E-state index contributed by atoms with van der Waals surface area (Å²) in [4.78, 5) is 19.0. The molecule has 128 valence electrons. The molecule has 1 fully saturated rings. The summed E-state index contributed by atoms with van der Waals surface area (Å²) in [5.74, 6) is 0.769. The molecule has 2 aromatic rings. The molecule has 1 amide bonds. The van der Waals surface area contributed by atoms with Gasteiger partial charge in [-0.2, -0.15) is 0 Å². The van der Waals surface area contributed by atoms with Crippen molar-refractivity contribution in [1.29, 1.82) is 0 Å². The molecular weight excluding hydrogens is 324 g/mol. The Balaban J connectivity index is 1.70. The van der Waals surface area contributed by atoms with Crippen LogP contribution in [0.4, 0.5) is 0 Å². The highest BCUT2D eigenvalue weighted by atomic mass is 32.1. The van der Waals surface area contributed by atoms with Crippen molar-refractivity contribution in [2.45, 2.75) is 19.5 Å². The van der Waals surface area contributed by atoms with Gasteiger partial charge in [0.25, 0.3) is 0 Å². The molecule has 0 spiro atoms. The van der Waals surface area contributed by atoms with E-state index in [0.717, 1.165) is 22.0 Å². The standard InChI is InChI=1S/C17H22N4O2S/c1-11-19-13(10-24-11)9-21(2)17(22)15-8-18-20-16(15)12-4-6-14(23-3)7-5-12/h4-7,10,15-16,18,20H,8-9H2,1-3H3. The van der Waals surface area contributed by atoms with E-state index in [0.29, 0.717) is 13.1 Å². The van der Waals surface area contributed by atoms with Gasteiger partial charge in [-0.25, -0.2) is 10.4 Å². The van der Waals surface area contributed by atoms with E-state index in [1.807, 2.05) is 43.6 Å². The Hall–Kier alpha value is -1.96. The lowest BCUT2D eigenvalue weighted by Gasteiger charge is -2.24. The second-order valence-corrected chi connectivity index (χ2v) is 7.00. The molecule has 0 radical (unpaired) electrons. The third-order valence-electron chi connectivity index (χ3n) is 4.22. The number of rotatable bonds is 5. The first-order chi connectivity index (χ1) is 11.6. The van der Waals surface area contributed by atoms with Crippen LogP contribution in [0.2, 0.25) is 0 Å². The first-order valence-corrected chi connectivity index (χ1v) is 8.74. The van der Waals surface area contributed by atoms with Gasteiger partial charge in [0.05, 0.1) is 36.3 Å². The number of methoxy groups -OCH3 is 1. The van der Waals surface area contributed by atoms with Crippen LogP contribution in [0.25, 0.3) is 0 Å². The second kappa shape index (κ2) is 7.29. The molecule has 2 N–H and O–H groups in total. The van der Waals surface area contributed by atoms with Gasteiger partial charge in [-0.15, -0.1) is 11.3 Å². The number of hydrazine groups is 1. The van der Waals surface area contributed by atoms with Crippen molar-refractivity contribution in [3.8, 4) is 5.75 Å². The van der Waals surface area contributed by atoms with Gasteiger partial charge in [0, 0.05) is 19.0 Å². The van der Waals surface area contributed by atoms with Crippen LogP contribution in [-0.2, 0) is 11.3 Å². The summed E-state index contributed by atoms with van der Waals surface area (Å²) in [6.45, 7) is 3.12. The van der Waals surface area contributed by atoms with Gasteiger partial charge >= 0.3 is 0 Å². The normalized spacial score (nSPS) is 20.1. The minimum Gasteiger partial charge on any atom is -0.497 e. The third kappa shape index (κ3) is 3.58. The van der Waals surface area contributed by atoms with Gasteiger partial charge in [-0.05, 0) is 24.6 Å². The molecule has 1 aromatic heterocycles. The lowest BCUT2D eigenvalue weighted by atomic mass is 9.93. The van der Waals surface area contributed by atoms with Crippen molar-refractivity contribution in [1.82, 2.24) is 20.7 Å². The molecule has 7 heteroatoms. The van der Waals surface area contributed by atoms with E-state index < -0.39 is 0 Å². The monoisotopic (exact) mass is 346 g/mol. The third-order valence-corrected chi connectivity index (χ3v) is 5.04. The average molecular weight is 346 g/mol. The van der Waals surface area contributed by atoms with Crippen molar-refractivity contribution in [3.63, 3.8) is 0 Å². The lowest BCUT2D eigenvalue weighted by Crippen LogP contribution is -2.36. The molecule has 2 atom stereocenters. The highest BCUT2D eigenvalue weighted by Crippen LogP contribution is 2.28. The van der Waals surface area contributed by atoms with Gasteiger partial charge in [0.15, 0.2) is 0 Å². The predicted molar refractivity (Wildman–Crippen MR) is 93.7 cm³/mol. The van der Waals surface area contributed by atoms with Gasteiger partial charge in [0.2, 0.25) is 5.91 Å². The zero-order chi connectivity index (χ0) is 17.1. The Morgan fingerprint density at radius 3 is 2.79 bits per heavy atom. The SMILES string of the molecule is COc1ccc(C2NNCC2C(=O)N(C)Cc2csc(C)n2)cc1. The van der Waals surface area contributed by atoms with E-state index in [1.165, 1.54) is 0 Å². The van der Waals surface area contributed by atoms with Crippen molar-refractivity contribution >= 4 is 17.2 Å².